The first kappa shape index (κ1) is 13.5. The zero-order valence-electron chi connectivity index (χ0n) is 11.2. The largest absolute Gasteiger partial charge is 0.347 e. The highest BCUT2D eigenvalue weighted by molar-refractivity contribution is 5.80. The van der Waals surface area contributed by atoms with Crippen LogP contribution in [-0.2, 0) is 4.79 Å². The maximum atomic E-state index is 11.7. The Morgan fingerprint density at radius 3 is 2.62 bits per heavy atom. The van der Waals surface area contributed by atoms with E-state index in [1.165, 1.54) is 0 Å². The molecule has 1 rings (SSSR count). The fraction of sp³-hybridized carbons (Fsp3) is 0.917. The number of nitrogens with zero attached hydrogens (tertiary/aromatic N) is 2. The lowest BCUT2D eigenvalue weighted by Crippen LogP contribution is -2.51. The average molecular weight is 227 g/mol. The average Bonchev–Trinajstić information content (AvgIpc) is 2.22. The summed E-state index contributed by atoms with van der Waals surface area (Å²) in [6.07, 6.45) is 2.26. The molecule has 0 radical (unpaired) electrons. The number of likely N-dealkylation sites (tertiary alicyclic amines) is 1. The summed E-state index contributed by atoms with van der Waals surface area (Å²) in [7, 11) is 5.77. The van der Waals surface area contributed by atoms with Gasteiger partial charge in [0, 0.05) is 26.2 Å². The molecule has 0 bridgehead atoms. The number of piperidine rings is 1. The normalized spacial score (nSPS) is 28.8. The molecule has 3 unspecified atom stereocenters. The van der Waals surface area contributed by atoms with Crippen molar-refractivity contribution in [3.63, 3.8) is 0 Å². The molecule has 0 aliphatic carbocycles. The van der Waals surface area contributed by atoms with Gasteiger partial charge in [0.25, 0.3) is 0 Å². The summed E-state index contributed by atoms with van der Waals surface area (Å²) < 4.78 is 0. The predicted octanol–water partition coefficient (Wildman–Crippen LogP) is 0.535. The van der Waals surface area contributed by atoms with Crippen LogP contribution in [0, 0.1) is 0 Å². The van der Waals surface area contributed by atoms with E-state index in [0.29, 0.717) is 12.1 Å². The lowest BCUT2D eigenvalue weighted by molar-refractivity contribution is -0.130. The van der Waals surface area contributed by atoms with Gasteiger partial charge in [0.1, 0.15) is 0 Å². The summed E-state index contributed by atoms with van der Waals surface area (Å²) in [5.74, 6) is 0.159. The molecule has 0 saturated carbocycles. The van der Waals surface area contributed by atoms with Crippen LogP contribution in [0.15, 0.2) is 0 Å². The number of amides is 1. The Morgan fingerprint density at radius 1 is 1.50 bits per heavy atom. The van der Waals surface area contributed by atoms with E-state index < -0.39 is 0 Å². The molecule has 0 aromatic heterocycles. The highest BCUT2D eigenvalue weighted by Crippen LogP contribution is 2.15. The minimum Gasteiger partial charge on any atom is -0.347 e. The Morgan fingerprint density at radius 2 is 2.12 bits per heavy atom. The second-order valence-electron chi connectivity index (χ2n) is 5.17. The molecule has 4 heteroatoms. The quantitative estimate of drug-likeness (QED) is 0.764. The van der Waals surface area contributed by atoms with Gasteiger partial charge in [-0.15, -0.1) is 0 Å². The fourth-order valence-electron chi connectivity index (χ4n) is 2.25. The van der Waals surface area contributed by atoms with Crippen LogP contribution >= 0.6 is 0 Å². The second kappa shape index (κ2) is 5.64. The van der Waals surface area contributed by atoms with Crippen LogP contribution < -0.4 is 5.32 Å². The third-order valence-corrected chi connectivity index (χ3v) is 3.51. The molecular formula is C12H25N3O. The van der Waals surface area contributed by atoms with E-state index in [1.807, 2.05) is 6.92 Å². The molecule has 1 aliphatic heterocycles. The summed E-state index contributed by atoms with van der Waals surface area (Å²) >= 11 is 0. The Balaban J connectivity index is 2.40. The summed E-state index contributed by atoms with van der Waals surface area (Å²) in [5, 5.41) is 3.43. The van der Waals surface area contributed by atoms with Gasteiger partial charge in [-0.2, -0.15) is 0 Å². The third kappa shape index (κ3) is 3.46. The van der Waals surface area contributed by atoms with E-state index in [-0.39, 0.29) is 11.9 Å². The van der Waals surface area contributed by atoms with E-state index in [9.17, 15) is 4.79 Å². The summed E-state index contributed by atoms with van der Waals surface area (Å²) in [6.45, 7) is 5.30. The lowest BCUT2D eigenvalue weighted by Gasteiger charge is -2.36. The van der Waals surface area contributed by atoms with Crippen LogP contribution in [-0.4, -0.2) is 61.5 Å². The van der Waals surface area contributed by atoms with Gasteiger partial charge in [-0.3, -0.25) is 4.79 Å². The zero-order chi connectivity index (χ0) is 12.3. The van der Waals surface area contributed by atoms with Gasteiger partial charge in [0.15, 0.2) is 0 Å². The van der Waals surface area contributed by atoms with Gasteiger partial charge >= 0.3 is 0 Å². The molecule has 1 saturated heterocycles. The molecule has 0 aromatic carbocycles. The van der Waals surface area contributed by atoms with Gasteiger partial charge < -0.3 is 15.1 Å². The lowest BCUT2D eigenvalue weighted by atomic mass is 9.98. The van der Waals surface area contributed by atoms with Crippen LogP contribution in [0.3, 0.4) is 0 Å². The Bertz CT molecular complexity index is 242. The molecule has 4 nitrogen and oxygen atoms in total. The van der Waals surface area contributed by atoms with Crippen molar-refractivity contribution in [1.82, 2.24) is 15.1 Å². The van der Waals surface area contributed by atoms with Crippen molar-refractivity contribution in [2.75, 3.05) is 27.7 Å². The molecule has 3 atom stereocenters. The third-order valence-electron chi connectivity index (χ3n) is 3.51. The Labute approximate surface area is 99.0 Å². The van der Waals surface area contributed by atoms with Gasteiger partial charge in [-0.1, -0.05) is 0 Å². The maximum absolute atomic E-state index is 11.7. The molecule has 94 valence electrons. The molecule has 1 heterocycles. The number of carbonyl (C=O) groups excluding carboxylic acids is 1. The first-order chi connectivity index (χ1) is 7.41. The van der Waals surface area contributed by atoms with Crippen LogP contribution in [0.4, 0.5) is 0 Å². The highest BCUT2D eigenvalue weighted by atomic mass is 16.2. The molecule has 1 aliphatic rings. The molecule has 1 amide bonds. The van der Waals surface area contributed by atoms with Crippen LogP contribution in [0.25, 0.3) is 0 Å². The predicted molar refractivity (Wildman–Crippen MR) is 66.4 cm³/mol. The molecule has 0 spiro atoms. The molecular weight excluding hydrogens is 202 g/mol. The molecule has 16 heavy (non-hydrogen) atoms. The van der Waals surface area contributed by atoms with E-state index in [0.717, 1.165) is 19.4 Å². The Hall–Kier alpha value is -0.610. The SMILES string of the molecule is CC(NC1CCN(C)C(C)C1)C(=O)N(C)C. The van der Waals surface area contributed by atoms with Crippen molar-refractivity contribution in [3.05, 3.63) is 0 Å². The van der Waals surface area contributed by atoms with Crippen LogP contribution in [0.5, 0.6) is 0 Å². The number of carbonyl (C=O) groups is 1. The molecule has 0 aromatic rings. The second-order valence-corrected chi connectivity index (χ2v) is 5.17. The number of likely N-dealkylation sites (N-methyl/N-ethyl adjacent to an activating group) is 1. The van der Waals surface area contributed by atoms with E-state index in [2.05, 4.69) is 24.2 Å². The van der Waals surface area contributed by atoms with Gasteiger partial charge in [0.2, 0.25) is 5.91 Å². The van der Waals surface area contributed by atoms with Crippen LogP contribution in [0.1, 0.15) is 26.7 Å². The molecule has 1 fully saturated rings. The van der Waals surface area contributed by atoms with Crippen molar-refractivity contribution in [2.45, 2.75) is 44.8 Å². The smallest absolute Gasteiger partial charge is 0.238 e. The van der Waals surface area contributed by atoms with Crippen molar-refractivity contribution in [1.29, 1.82) is 0 Å². The monoisotopic (exact) mass is 227 g/mol. The fourth-order valence-corrected chi connectivity index (χ4v) is 2.25. The maximum Gasteiger partial charge on any atom is 0.238 e. The van der Waals surface area contributed by atoms with Crippen molar-refractivity contribution in [2.24, 2.45) is 0 Å². The number of hydrogen-bond acceptors (Lipinski definition) is 3. The number of nitrogens with one attached hydrogen (secondary N) is 1. The Kier molecular flexibility index (Phi) is 4.74. The number of rotatable bonds is 3. The highest BCUT2D eigenvalue weighted by Gasteiger charge is 2.25. The van der Waals surface area contributed by atoms with E-state index in [4.69, 9.17) is 0 Å². The van der Waals surface area contributed by atoms with E-state index in [1.54, 1.807) is 19.0 Å². The minimum absolute atomic E-state index is 0.0735. The molecule has 1 N–H and O–H groups in total. The van der Waals surface area contributed by atoms with Crippen molar-refractivity contribution >= 4 is 5.91 Å². The number of hydrogen-bond donors (Lipinski definition) is 1. The zero-order valence-corrected chi connectivity index (χ0v) is 11.2. The summed E-state index contributed by atoms with van der Waals surface area (Å²) in [5.41, 5.74) is 0. The van der Waals surface area contributed by atoms with Crippen molar-refractivity contribution in [3.8, 4) is 0 Å². The summed E-state index contributed by atoms with van der Waals surface area (Å²) in [4.78, 5) is 15.7. The summed E-state index contributed by atoms with van der Waals surface area (Å²) in [6, 6.07) is 1.01. The minimum atomic E-state index is -0.0735. The van der Waals surface area contributed by atoms with Gasteiger partial charge in [-0.25, -0.2) is 0 Å². The van der Waals surface area contributed by atoms with Crippen molar-refractivity contribution < 1.29 is 4.79 Å². The topological polar surface area (TPSA) is 35.6 Å². The first-order valence-electron chi connectivity index (χ1n) is 6.09. The van der Waals surface area contributed by atoms with E-state index >= 15 is 0 Å². The van der Waals surface area contributed by atoms with Gasteiger partial charge in [0.05, 0.1) is 6.04 Å². The van der Waals surface area contributed by atoms with Gasteiger partial charge in [-0.05, 0) is 40.3 Å². The standard InChI is InChI=1S/C12H25N3O/c1-9-8-11(6-7-15(9)5)13-10(2)12(16)14(3)4/h9-11,13H,6-8H2,1-5H3. The van der Waals surface area contributed by atoms with Crippen LogP contribution in [0.2, 0.25) is 0 Å². The first-order valence-corrected chi connectivity index (χ1v) is 6.09.